The molecule has 6 heteroatoms. The van der Waals surface area contributed by atoms with Crippen LogP contribution < -0.4 is 5.32 Å². The molecule has 1 atom stereocenters. The van der Waals surface area contributed by atoms with Crippen molar-refractivity contribution in [3.05, 3.63) is 82.1 Å². The molecule has 4 rings (SSSR count). The molecular weight excluding hydrogens is 396 g/mol. The molecule has 1 aromatic carbocycles. The lowest BCUT2D eigenvalue weighted by atomic mass is 9.98. The van der Waals surface area contributed by atoms with E-state index in [0.717, 1.165) is 25.3 Å². The first kappa shape index (κ1) is 17.1. The van der Waals surface area contributed by atoms with E-state index in [9.17, 15) is 4.79 Å². The quantitative estimate of drug-likeness (QED) is 0.680. The van der Waals surface area contributed by atoms with Gasteiger partial charge in [0.2, 0.25) is 0 Å². The Bertz CT molecular complexity index is 888. The van der Waals surface area contributed by atoms with Crippen LogP contribution in [0.25, 0.3) is 0 Å². The van der Waals surface area contributed by atoms with E-state index in [1.54, 1.807) is 18.4 Å². The van der Waals surface area contributed by atoms with Gasteiger partial charge < -0.3 is 14.2 Å². The van der Waals surface area contributed by atoms with Crippen LogP contribution in [0.5, 0.6) is 0 Å². The zero-order valence-electron chi connectivity index (χ0n) is 14.2. The molecule has 0 unspecified atom stereocenters. The molecule has 1 N–H and O–H groups in total. The second-order valence-corrected chi connectivity index (χ2v) is 7.12. The summed E-state index contributed by atoms with van der Waals surface area (Å²) < 4.78 is 11.5. The number of hydrogen-bond donors (Lipinski definition) is 1. The topological polar surface area (TPSA) is 58.6 Å². The van der Waals surface area contributed by atoms with Crippen LogP contribution in [0.2, 0.25) is 0 Å². The van der Waals surface area contributed by atoms with Crippen LogP contribution in [0, 0.1) is 0 Å². The molecule has 3 aromatic rings. The summed E-state index contributed by atoms with van der Waals surface area (Å²) in [4.78, 5) is 14.7. The molecule has 3 heterocycles. The summed E-state index contributed by atoms with van der Waals surface area (Å²) in [7, 11) is 0. The van der Waals surface area contributed by atoms with Crippen LogP contribution in [0.1, 0.15) is 33.5 Å². The van der Waals surface area contributed by atoms with Gasteiger partial charge in [0.1, 0.15) is 5.76 Å². The minimum absolute atomic E-state index is 0.0271. The first-order chi connectivity index (χ1) is 12.7. The number of nitrogens with zero attached hydrogens (tertiary/aromatic N) is 1. The lowest BCUT2D eigenvalue weighted by molar-refractivity contribution is 0.0891. The minimum Gasteiger partial charge on any atom is -0.468 e. The highest BCUT2D eigenvalue weighted by Crippen LogP contribution is 2.28. The minimum atomic E-state index is -0.232. The van der Waals surface area contributed by atoms with E-state index in [2.05, 4.69) is 50.4 Å². The second-order valence-electron chi connectivity index (χ2n) is 6.33. The third kappa shape index (κ3) is 3.61. The van der Waals surface area contributed by atoms with Gasteiger partial charge in [-0.25, -0.2) is 0 Å². The van der Waals surface area contributed by atoms with Crippen LogP contribution in [-0.4, -0.2) is 23.9 Å². The number of carbonyl (C=O) groups is 1. The van der Waals surface area contributed by atoms with Crippen LogP contribution in [-0.2, 0) is 13.0 Å². The summed E-state index contributed by atoms with van der Waals surface area (Å²) in [6.07, 6.45) is 2.66. The molecule has 0 saturated carbocycles. The van der Waals surface area contributed by atoms with E-state index < -0.39 is 0 Å². The number of carbonyl (C=O) groups excluding carboxylic acids is 1. The van der Waals surface area contributed by atoms with Crippen molar-refractivity contribution in [2.45, 2.75) is 19.0 Å². The Labute approximate surface area is 160 Å². The summed E-state index contributed by atoms with van der Waals surface area (Å²) in [5, 5.41) is 2.97. The number of benzene rings is 1. The van der Waals surface area contributed by atoms with Crippen LogP contribution in [0.3, 0.4) is 0 Å². The fourth-order valence-electron chi connectivity index (χ4n) is 3.39. The Hall–Kier alpha value is -2.31. The summed E-state index contributed by atoms with van der Waals surface area (Å²) in [5.41, 5.74) is 2.73. The highest BCUT2D eigenvalue weighted by Gasteiger charge is 2.27. The van der Waals surface area contributed by atoms with Crippen molar-refractivity contribution < 1.29 is 13.6 Å². The standard InChI is InChI=1S/C20H19BrN2O3/c21-19-8-7-18(26-19)20(24)22-12-16(17-6-3-11-25-17)23-10-9-14-4-1-2-5-15(14)13-23/h1-8,11,16H,9-10,12-13H2,(H,22,24)/t16-/m0/s1. The van der Waals surface area contributed by atoms with Crippen LogP contribution in [0.15, 0.2) is 68.3 Å². The smallest absolute Gasteiger partial charge is 0.287 e. The number of amides is 1. The van der Waals surface area contributed by atoms with E-state index in [0.29, 0.717) is 17.0 Å². The summed E-state index contributed by atoms with van der Waals surface area (Å²) in [6.45, 7) is 2.21. The molecule has 1 aliphatic heterocycles. The van der Waals surface area contributed by atoms with E-state index >= 15 is 0 Å². The van der Waals surface area contributed by atoms with Crippen molar-refractivity contribution in [3.8, 4) is 0 Å². The van der Waals surface area contributed by atoms with Gasteiger partial charge in [-0.3, -0.25) is 9.69 Å². The molecule has 1 amide bonds. The molecule has 0 bridgehead atoms. The highest BCUT2D eigenvalue weighted by molar-refractivity contribution is 9.10. The Morgan fingerprint density at radius 3 is 2.73 bits per heavy atom. The lowest BCUT2D eigenvalue weighted by Crippen LogP contribution is -2.40. The predicted octanol–water partition coefficient (Wildman–Crippen LogP) is 4.16. The zero-order chi connectivity index (χ0) is 17.9. The van der Waals surface area contributed by atoms with Gasteiger partial charge in [-0.1, -0.05) is 24.3 Å². The van der Waals surface area contributed by atoms with Gasteiger partial charge in [-0.2, -0.15) is 0 Å². The monoisotopic (exact) mass is 414 g/mol. The maximum Gasteiger partial charge on any atom is 0.287 e. The molecule has 134 valence electrons. The number of furan rings is 2. The third-order valence-electron chi connectivity index (χ3n) is 4.73. The summed E-state index contributed by atoms with van der Waals surface area (Å²) in [6, 6.07) is 15.7. The first-order valence-corrected chi connectivity index (χ1v) is 9.38. The highest BCUT2D eigenvalue weighted by atomic mass is 79.9. The van der Waals surface area contributed by atoms with Crippen molar-refractivity contribution in [3.63, 3.8) is 0 Å². The average Bonchev–Trinajstić information content (AvgIpc) is 3.34. The fraction of sp³-hybridized carbons (Fsp3) is 0.250. The van der Waals surface area contributed by atoms with E-state index in [1.807, 2.05) is 12.1 Å². The number of rotatable bonds is 5. The Morgan fingerprint density at radius 2 is 2.00 bits per heavy atom. The maximum atomic E-state index is 12.3. The fourth-order valence-corrected chi connectivity index (χ4v) is 3.69. The van der Waals surface area contributed by atoms with Gasteiger partial charge in [0.15, 0.2) is 10.4 Å². The normalized spacial score (nSPS) is 15.4. The number of nitrogens with one attached hydrogen (secondary N) is 1. The van der Waals surface area contributed by atoms with E-state index in [1.165, 1.54) is 11.1 Å². The second kappa shape index (κ2) is 7.51. The van der Waals surface area contributed by atoms with E-state index in [4.69, 9.17) is 8.83 Å². The molecule has 26 heavy (non-hydrogen) atoms. The van der Waals surface area contributed by atoms with Gasteiger partial charge in [-0.05, 0) is 57.7 Å². The average molecular weight is 415 g/mol. The largest absolute Gasteiger partial charge is 0.468 e. The van der Waals surface area contributed by atoms with Crippen molar-refractivity contribution in [1.82, 2.24) is 10.2 Å². The predicted molar refractivity (Wildman–Crippen MR) is 101 cm³/mol. The van der Waals surface area contributed by atoms with Gasteiger partial charge >= 0.3 is 0 Å². The summed E-state index contributed by atoms with van der Waals surface area (Å²) >= 11 is 3.22. The number of halogens is 1. The van der Waals surface area contributed by atoms with Crippen molar-refractivity contribution >= 4 is 21.8 Å². The number of fused-ring (bicyclic) bond motifs is 1. The lowest BCUT2D eigenvalue weighted by Gasteiger charge is -2.34. The molecule has 0 saturated heterocycles. The van der Waals surface area contributed by atoms with Crippen LogP contribution >= 0.6 is 15.9 Å². The molecular formula is C20H19BrN2O3. The Balaban J connectivity index is 1.50. The van der Waals surface area contributed by atoms with Gasteiger partial charge in [0, 0.05) is 19.6 Å². The molecule has 0 aliphatic carbocycles. The Morgan fingerprint density at radius 1 is 1.15 bits per heavy atom. The maximum absolute atomic E-state index is 12.3. The SMILES string of the molecule is O=C(NC[C@@H](c1ccco1)N1CCc2ccccc2C1)c1ccc(Br)o1. The molecule has 2 aromatic heterocycles. The molecule has 0 fully saturated rings. The molecule has 0 spiro atoms. The Kier molecular flexibility index (Phi) is 4.95. The molecule has 5 nitrogen and oxygen atoms in total. The van der Waals surface area contributed by atoms with Gasteiger partial charge in [0.25, 0.3) is 5.91 Å². The zero-order valence-corrected chi connectivity index (χ0v) is 15.7. The van der Waals surface area contributed by atoms with Gasteiger partial charge in [0.05, 0.1) is 12.3 Å². The molecule has 1 aliphatic rings. The van der Waals surface area contributed by atoms with Crippen molar-refractivity contribution in [2.75, 3.05) is 13.1 Å². The third-order valence-corrected chi connectivity index (χ3v) is 5.15. The first-order valence-electron chi connectivity index (χ1n) is 8.58. The number of hydrogen-bond acceptors (Lipinski definition) is 4. The summed E-state index contributed by atoms with van der Waals surface area (Å²) in [5.74, 6) is 0.911. The van der Waals surface area contributed by atoms with Gasteiger partial charge in [-0.15, -0.1) is 0 Å². The molecule has 0 radical (unpaired) electrons. The van der Waals surface area contributed by atoms with Crippen LogP contribution in [0.4, 0.5) is 0 Å². The van der Waals surface area contributed by atoms with E-state index in [-0.39, 0.29) is 11.9 Å². The van der Waals surface area contributed by atoms with Crippen molar-refractivity contribution in [1.29, 1.82) is 0 Å². The van der Waals surface area contributed by atoms with Crippen molar-refractivity contribution in [2.24, 2.45) is 0 Å².